The molecule has 1 aromatic heterocycles. The minimum absolute atomic E-state index is 0.0923. The van der Waals surface area contributed by atoms with Crippen molar-refractivity contribution in [3.05, 3.63) is 29.6 Å². The number of carbonyl (C=O) groups excluding carboxylic acids is 1. The highest BCUT2D eigenvalue weighted by atomic mass is 16.4. The fourth-order valence-corrected chi connectivity index (χ4v) is 1.86. The third kappa shape index (κ3) is 3.10. The van der Waals surface area contributed by atoms with E-state index in [-0.39, 0.29) is 23.6 Å². The van der Waals surface area contributed by atoms with Crippen molar-refractivity contribution in [2.45, 2.75) is 12.8 Å². The first-order valence-electron chi connectivity index (χ1n) is 6.03. The van der Waals surface area contributed by atoms with E-state index in [9.17, 15) is 9.59 Å². The second-order valence-electron chi connectivity index (χ2n) is 4.56. The monoisotopic (exact) mass is 258 g/mol. The summed E-state index contributed by atoms with van der Waals surface area (Å²) in [5, 5.41) is 9.07. The molecule has 98 valence electrons. The van der Waals surface area contributed by atoms with Crippen LogP contribution >= 0.6 is 0 Å². The van der Waals surface area contributed by atoms with Crippen LogP contribution in [0, 0.1) is 18.3 Å². The lowest BCUT2D eigenvalue weighted by atomic mass is 10.1. The van der Waals surface area contributed by atoms with Crippen LogP contribution in [0.4, 0.5) is 0 Å². The van der Waals surface area contributed by atoms with E-state index in [0.29, 0.717) is 12.5 Å². The molecule has 2 rings (SSSR count). The van der Waals surface area contributed by atoms with Crippen LogP contribution in [0.3, 0.4) is 0 Å². The van der Waals surface area contributed by atoms with E-state index in [4.69, 9.17) is 11.5 Å². The quantitative estimate of drug-likeness (QED) is 0.807. The van der Waals surface area contributed by atoms with Crippen LogP contribution < -0.4 is 0 Å². The predicted octanol–water partition coefficient (Wildman–Crippen LogP) is 1.27. The molecule has 1 fully saturated rings. The highest BCUT2D eigenvalue weighted by Crippen LogP contribution is 2.30. The topological polar surface area (TPSA) is 70.5 Å². The molecule has 1 aliphatic rings. The van der Waals surface area contributed by atoms with Crippen molar-refractivity contribution in [1.29, 1.82) is 0 Å². The van der Waals surface area contributed by atoms with E-state index < -0.39 is 5.97 Å². The molecule has 1 aromatic rings. The van der Waals surface area contributed by atoms with Gasteiger partial charge in [0.15, 0.2) is 0 Å². The number of hydrogen-bond acceptors (Lipinski definition) is 3. The molecule has 0 radical (unpaired) electrons. The first-order valence-corrected chi connectivity index (χ1v) is 6.03. The third-order valence-corrected chi connectivity index (χ3v) is 3.03. The highest BCUT2D eigenvalue weighted by molar-refractivity contribution is 6.04. The normalized spacial score (nSPS) is 13.6. The van der Waals surface area contributed by atoms with Gasteiger partial charge in [-0.25, -0.2) is 4.79 Å². The SMILES string of the molecule is C#CCN(CC1CC1)C(=O)c1ccncc1C(=O)O. The Hall–Kier alpha value is -2.35. The molecule has 0 aliphatic heterocycles. The summed E-state index contributed by atoms with van der Waals surface area (Å²) in [6, 6.07) is 1.42. The number of terminal acetylenes is 1. The number of carbonyl (C=O) groups is 2. The average Bonchev–Trinajstić information content (AvgIpc) is 3.21. The van der Waals surface area contributed by atoms with E-state index in [2.05, 4.69) is 10.9 Å². The lowest BCUT2D eigenvalue weighted by Gasteiger charge is -2.20. The van der Waals surface area contributed by atoms with Gasteiger partial charge in [-0.2, -0.15) is 0 Å². The van der Waals surface area contributed by atoms with Gasteiger partial charge >= 0.3 is 5.97 Å². The van der Waals surface area contributed by atoms with Crippen molar-refractivity contribution in [2.75, 3.05) is 13.1 Å². The zero-order valence-corrected chi connectivity index (χ0v) is 10.4. The van der Waals surface area contributed by atoms with Crippen molar-refractivity contribution in [1.82, 2.24) is 9.88 Å². The number of carboxylic acids is 1. The van der Waals surface area contributed by atoms with Gasteiger partial charge in [0.1, 0.15) is 0 Å². The Morgan fingerprint density at radius 1 is 1.47 bits per heavy atom. The molecule has 5 nitrogen and oxygen atoms in total. The molecule has 1 heterocycles. The lowest BCUT2D eigenvalue weighted by molar-refractivity contribution is 0.0677. The Kier molecular flexibility index (Phi) is 3.81. The van der Waals surface area contributed by atoms with Gasteiger partial charge in [-0.1, -0.05) is 5.92 Å². The molecule has 0 bridgehead atoms. The molecule has 0 aromatic carbocycles. The Labute approximate surface area is 111 Å². The van der Waals surface area contributed by atoms with Crippen LogP contribution in [-0.2, 0) is 0 Å². The van der Waals surface area contributed by atoms with Gasteiger partial charge in [-0.05, 0) is 24.8 Å². The van der Waals surface area contributed by atoms with Crippen LogP contribution in [0.2, 0.25) is 0 Å². The summed E-state index contributed by atoms with van der Waals surface area (Å²) < 4.78 is 0. The number of nitrogens with zero attached hydrogens (tertiary/aromatic N) is 2. The summed E-state index contributed by atoms with van der Waals surface area (Å²) in [5.41, 5.74) is 0.0451. The van der Waals surface area contributed by atoms with Crippen LogP contribution in [0.25, 0.3) is 0 Å². The van der Waals surface area contributed by atoms with Gasteiger partial charge in [-0.3, -0.25) is 9.78 Å². The molecule has 1 aliphatic carbocycles. The van der Waals surface area contributed by atoms with Crippen LogP contribution in [0.1, 0.15) is 33.6 Å². The number of pyridine rings is 1. The number of aromatic nitrogens is 1. The third-order valence-electron chi connectivity index (χ3n) is 3.03. The van der Waals surface area contributed by atoms with Crippen LogP contribution in [-0.4, -0.2) is 40.0 Å². The largest absolute Gasteiger partial charge is 0.478 e. The summed E-state index contributed by atoms with van der Waals surface area (Å²) in [4.78, 5) is 28.7. The lowest BCUT2D eigenvalue weighted by Crippen LogP contribution is -2.34. The molecule has 5 heteroatoms. The molecule has 0 unspecified atom stereocenters. The Bertz CT molecular complexity index is 544. The summed E-state index contributed by atoms with van der Waals surface area (Å²) in [5.74, 6) is 1.43. The van der Waals surface area contributed by atoms with Crippen molar-refractivity contribution in [3.63, 3.8) is 0 Å². The molecule has 0 atom stereocenters. The molecular weight excluding hydrogens is 244 g/mol. The molecular formula is C14H14N2O3. The summed E-state index contributed by atoms with van der Waals surface area (Å²) in [7, 11) is 0. The second-order valence-corrected chi connectivity index (χ2v) is 4.56. The number of carboxylic acid groups (broad SMARTS) is 1. The summed E-state index contributed by atoms with van der Waals surface area (Å²) in [6.45, 7) is 0.779. The van der Waals surface area contributed by atoms with E-state index >= 15 is 0 Å². The fourth-order valence-electron chi connectivity index (χ4n) is 1.86. The highest BCUT2D eigenvalue weighted by Gasteiger charge is 2.28. The van der Waals surface area contributed by atoms with Crippen molar-refractivity contribution >= 4 is 11.9 Å². The van der Waals surface area contributed by atoms with E-state index in [1.807, 2.05) is 0 Å². The van der Waals surface area contributed by atoms with Crippen LogP contribution in [0.15, 0.2) is 18.5 Å². The van der Waals surface area contributed by atoms with E-state index in [1.54, 1.807) is 0 Å². The standard InChI is InChI=1S/C14H14N2O3/c1-2-7-16(9-10-3-4-10)13(17)11-5-6-15-8-12(11)14(18)19/h1,5-6,8,10H,3-4,7,9H2,(H,18,19). The maximum atomic E-state index is 12.4. The maximum absolute atomic E-state index is 12.4. The minimum atomic E-state index is -1.16. The average molecular weight is 258 g/mol. The fraction of sp³-hybridized carbons (Fsp3) is 0.357. The van der Waals surface area contributed by atoms with Gasteiger partial charge in [0.2, 0.25) is 0 Å². The predicted molar refractivity (Wildman–Crippen MR) is 68.7 cm³/mol. The van der Waals surface area contributed by atoms with Gasteiger partial charge < -0.3 is 10.0 Å². The minimum Gasteiger partial charge on any atom is -0.478 e. The Morgan fingerprint density at radius 3 is 2.79 bits per heavy atom. The Balaban J connectivity index is 2.25. The molecule has 1 saturated carbocycles. The summed E-state index contributed by atoms with van der Waals surface area (Å²) >= 11 is 0. The maximum Gasteiger partial charge on any atom is 0.338 e. The van der Waals surface area contributed by atoms with E-state index in [1.165, 1.54) is 23.4 Å². The van der Waals surface area contributed by atoms with Crippen molar-refractivity contribution in [2.24, 2.45) is 5.92 Å². The zero-order chi connectivity index (χ0) is 13.8. The van der Waals surface area contributed by atoms with Gasteiger partial charge in [0.25, 0.3) is 5.91 Å². The number of aromatic carboxylic acids is 1. The molecule has 1 N–H and O–H groups in total. The molecule has 0 saturated heterocycles. The van der Waals surface area contributed by atoms with Gasteiger partial charge in [0.05, 0.1) is 17.7 Å². The number of hydrogen-bond donors (Lipinski definition) is 1. The first-order chi connectivity index (χ1) is 9.13. The summed E-state index contributed by atoms with van der Waals surface area (Å²) in [6.07, 6.45) is 10.0. The second kappa shape index (κ2) is 5.53. The van der Waals surface area contributed by atoms with Gasteiger partial charge in [0, 0.05) is 18.9 Å². The van der Waals surface area contributed by atoms with Crippen molar-refractivity contribution < 1.29 is 14.7 Å². The zero-order valence-electron chi connectivity index (χ0n) is 10.4. The molecule has 1 amide bonds. The first kappa shape index (κ1) is 13.1. The number of rotatable bonds is 5. The smallest absolute Gasteiger partial charge is 0.338 e. The van der Waals surface area contributed by atoms with Gasteiger partial charge in [-0.15, -0.1) is 6.42 Å². The van der Waals surface area contributed by atoms with E-state index in [0.717, 1.165) is 12.8 Å². The van der Waals surface area contributed by atoms with Crippen LogP contribution in [0.5, 0.6) is 0 Å². The Morgan fingerprint density at radius 2 is 2.21 bits per heavy atom. The van der Waals surface area contributed by atoms with Crippen molar-refractivity contribution in [3.8, 4) is 12.3 Å². The number of amides is 1. The molecule has 0 spiro atoms. The molecule has 19 heavy (non-hydrogen) atoms.